The van der Waals surface area contributed by atoms with Crippen molar-refractivity contribution in [3.8, 4) is 0 Å². The molecule has 0 saturated carbocycles. The van der Waals surface area contributed by atoms with Crippen molar-refractivity contribution in [3.05, 3.63) is 0 Å². The molecule has 0 atom stereocenters. The summed E-state index contributed by atoms with van der Waals surface area (Å²) in [7, 11) is 2.12. The van der Waals surface area contributed by atoms with Crippen molar-refractivity contribution in [1.29, 1.82) is 0 Å². The summed E-state index contributed by atoms with van der Waals surface area (Å²) in [6, 6.07) is 0. The first-order valence-electron chi connectivity index (χ1n) is 4.55. The summed E-state index contributed by atoms with van der Waals surface area (Å²) in [5, 5.41) is 0. The Bertz CT molecular complexity index is 76.0. The van der Waals surface area contributed by atoms with E-state index in [1.807, 2.05) is 0 Å². The highest BCUT2D eigenvalue weighted by molar-refractivity contribution is 4.48. The van der Waals surface area contributed by atoms with Gasteiger partial charge in [0.1, 0.15) is 0 Å². The molecule has 68 valence electrons. The van der Waals surface area contributed by atoms with Gasteiger partial charge < -0.3 is 4.90 Å². The van der Waals surface area contributed by atoms with Crippen LogP contribution in [0, 0.1) is 0 Å². The van der Waals surface area contributed by atoms with Gasteiger partial charge in [-0.25, -0.2) is 0 Å². The van der Waals surface area contributed by atoms with E-state index in [-0.39, 0.29) is 6.67 Å². The molecule has 0 aliphatic heterocycles. The van der Waals surface area contributed by atoms with Crippen LogP contribution in [0.3, 0.4) is 0 Å². The Morgan fingerprint density at radius 3 is 2.27 bits per heavy atom. The van der Waals surface area contributed by atoms with Gasteiger partial charge in [0.05, 0.1) is 6.67 Å². The van der Waals surface area contributed by atoms with Crippen LogP contribution >= 0.6 is 0 Å². The lowest BCUT2D eigenvalue weighted by Gasteiger charge is -2.12. The summed E-state index contributed by atoms with van der Waals surface area (Å²) in [4.78, 5) is 2.29. The van der Waals surface area contributed by atoms with Crippen molar-refractivity contribution in [2.45, 2.75) is 32.6 Å². The second kappa shape index (κ2) is 7.99. The van der Waals surface area contributed by atoms with E-state index in [4.69, 9.17) is 0 Å². The molecule has 0 rings (SSSR count). The second-order valence-corrected chi connectivity index (χ2v) is 3.00. The highest BCUT2D eigenvalue weighted by atomic mass is 19.1. The number of hydrogen-bond donors (Lipinski definition) is 0. The zero-order valence-corrected chi connectivity index (χ0v) is 7.77. The summed E-state index contributed by atoms with van der Waals surface area (Å²) in [6.45, 7) is 4.27. The van der Waals surface area contributed by atoms with Crippen LogP contribution in [0.5, 0.6) is 0 Å². The number of rotatable bonds is 7. The van der Waals surface area contributed by atoms with Crippen LogP contribution in [0.25, 0.3) is 0 Å². The molecule has 0 amide bonds. The molecule has 0 fully saturated rings. The standard InChI is InChI=1S/C9H20FN/c1-3-11(2)9-7-5-4-6-8-10/h3-9H2,1-2H3. The van der Waals surface area contributed by atoms with Gasteiger partial charge in [-0.05, 0) is 33.0 Å². The van der Waals surface area contributed by atoms with E-state index in [2.05, 4.69) is 18.9 Å². The Balaban J connectivity index is 2.89. The lowest BCUT2D eigenvalue weighted by Crippen LogP contribution is -2.18. The van der Waals surface area contributed by atoms with E-state index in [1.54, 1.807) is 0 Å². The van der Waals surface area contributed by atoms with Gasteiger partial charge in [-0.2, -0.15) is 0 Å². The van der Waals surface area contributed by atoms with Crippen molar-refractivity contribution >= 4 is 0 Å². The van der Waals surface area contributed by atoms with Crippen LogP contribution in [0.15, 0.2) is 0 Å². The maximum atomic E-state index is 11.6. The number of hydrogen-bond acceptors (Lipinski definition) is 1. The van der Waals surface area contributed by atoms with E-state index in [9.17, 15) is 4.39 Å². The Kier molecular flexibility index (Phi) is 7.91. The quantitative estimate of drug-likeness (QED) is 0.518. The van der Waals surface area contributed by atoms with Crippen LogP contribution in [-0.2, 0) is 0 Å². The normalized spacial score (nSPS) is 10.9. The first-order valence-corrected chi connectivity index (χ1v) is 4.55. The summed E-state index contributed by atoms with van der Waals surface area (Å²) >= 11 is 0. The minimum Gasteiger partial charge on any atom is -0.307 e. The molecule has 0 aromatic heterocycles. The van der Waals surface area contributed by atoms with Gasteiger partial charge in [-0.3, -0.25) is 4.39 Å². The largest absolute Gasteiger partial charge is 0.307 e. The van der Waals surface area contributed by atoms with Gasteiger partial charge in [-0.1, -0.05) is 19.8 Å². The Morgan fingerprint density at radius 1 is 1.09 bits per heavy atom. The Labute approximate surface area is 69.6 Å². The zero-order chi connectivity index (χ0) is 8.53. The molecule has 1 nitrogen and oxygen atoms in total. The van der Waals surface area contributed by atoms with Crippen molar-refractivity contribution in [3.63, 3.8) is 0 Å². The van der Waals surface area contributed by atoms with E-state index in [1.165, 1.54) is 12.8 Å². The molecule has 0 aliphatic carbocycles. The Hall–Kier alpha value is -0.110. The SMILES string of the molecule is CCN(C)CCCCCCF. The monoisotopic (exact) mass is 161 g/mol. The van der Waals surface area contributed by atoms with E-state index >= 15 is 0 Å². The molecule has 0 aliphatic rings. The third kappa shape index (κ3) is 7.79. The summed E-state index contributed by atoms with van der Waals surface area (Å²) in [5.74, 6) is 0. The highest BCUT2D eigenvalue weighted by Gasteiger charge is 1.93. The highest BCUT2D eigenvalue weighted by Crippen LogP contribution is 2.00. The maximum absolute atomic E-state index is 11.6. The first-order chi connectivity index (χ1) is 5.31. The van der Waals surface area contributed by atoms with Crippen molar-refractivity contribution in [1.82, 2.24) is 4.90 Å². The van der Waals surface area contributed by atoms with Crippen LogP contribution < -0.4 is 0 Å². The molecule has 0 bridgehead atoms. The van der Waals surface area contributed by atoms with Crippen LogP contribution in [0.2, 0.25) is 0 Å². The molecule has 0 heterocycles. The first kappa shape index (κ1) is 10.9. The van der Waals surface area contributed by atoms with Gasteiger partial charge >= 0.3 is 0 Å². The molecular formula is C9H20FN. The summed E-state index contributed by atoms with van der Waals surface area (Å²) in [6.07, 6.45) is 4.18. The molecule has 0 radical (unpaired) electrons. The summed E-state index contributed by atoms with van der Waals surface area (Å²) in [5.41, 5.74) is 0. The molecule has 0 unspecified atom stereocenters. The average molecular weight is 161 g/mol. The lowest BCUT2D eigenvalue weighted by molar-refractivity contribution is 0.338. The predicted molar refractivity (Wildman–Crippen MR) is 47.6 cm³/mol. The third-order valence-electron chi connectivity index (χ3n) is 1.96. The fourth-order valence-electron chi connectivity index (χ4n) is 0.988. The van der Waals surface area contributed by atoms with E-state index in [0.29, 0.717) is 0 Å². The number of alkyl halides is 1. The van der Waals surface area contributed by atoms with Gasteiger partial charge in [0.15, 0.2) is 0 Å². The van der Waals surface area contributed by atoms with Gasteiger partial charge in [0.2, 0.25) is 0 Å². The van der Waals surface area contributed by atoms with Gasteiger partial charge in [0, 0.05) is 0 Å². The molecule has 0 spiro atoms. The topological polar surface area (TPSA) is 3.24 Å². The second-order valence-electron chi connectivity index (χ2n) is 3.00. The number of nitrogens with zero attached hydrogens (tertiary/aromatic N) is 1. The average Bonchev–Trinajstić information content (AvgIpc) is 2.04. The van der Waals surface area contributed by atoms with Gasteiger partial charge in [-0.15, -0.1) is 0 Å². The summed E-state index contributed by atoms with van der Waals surface area (Å²) < 4.78 is 11.6. The molecule has 0 aromatic carbocycles. The lowest BCUT2D eigenvalue weighted by atomic mass is 10.2. The fraction of sp³-hybridized carbons (Fsp3) is 1.00. The van der Waals surface area contributed by atoms with E-state index < -0.39 is 0 Å². The van der Waals surface area contributed by atoms with E-state index in [0.717, 1.165) is 25.9 Å². The van der Waals surface area contributed by atoms with Crippen LogP contribution in [-0.4, -0.2) is 31.7 Å². The molecule has 0 N–H and O–H groups in total. The fourth-order valence-corrected chi connectivity index (χ4v) is 0.988. The van der Waals surface area contributed by atoms with Gasteiger partial charge in [0.25, 0.3) is 0 Å². The minimum absolute atomic E-state index is 0.149. The Morgan fingerprint density at radius 2 is 1.73 bits per heavy atom. The predicted octanol–water partition coefficient (Wildman–Crippen LogP) is 2.47. The maximum Gasteiger partial charge on any atom is 0.0894 e. The minimum atomic E-state index is -0.149. The third-order valence-corrected chi connectivity index (χ3v) is 1.96. The van der Waals surface area contributed by atoms with Crippen molar-refractivity contribution < 1.29 is 4.39 Å². The van der Waals surface area contributed by atoms with Crippen molar-refractivity contribution in [2.24, 2.45) is 0 Å². The zero-order valence-electron chi connectivity index (χ0n) is 7.77. The molecule has 2 heteroatoms. The molecular weight excluding hydrogens is 141 g/mol. The molecule has 11 heavy (non-hydrogen) atoms. The number of unbranched alkanes of at least 4 members (excludes halogenated alkanes) is 3. The van der Waals surface area contributed by atoms with Crippen LogP contribution in [0.1, 0.15) is 32.6 Å². The van der Waals surface area contributed by atoms with Crippen molar-refractivity contribution in [2.75, 3.05) is 26.8 Å². The molecule has 0 saturated heterocycles. The molecule has 0 aromatic rings. The van der Waals surface area contributed by atoms with Crippen LogP contribution in [0.4, 0.5) is 4.39 Å². The number of halogens is 1. The smallest absolute Gasteiger partial charge is 0.0894 e.